The van der Waals surface area contributed by atoms with Gasteiger partial charge >= 0.3 is 0 Å². The van der Waals surface area contributed by atoms with Crippen molar-refractivity contribution < 1.29 is 0 Å². The first-order valence-electron chi connectivity index (χ1n) is 28.2. The van der Waals surface area contributed by atoms with Gasteiger partial charge in [-0.15, -0.1) is 22.7 Å². The third kappa shape index (κ3) is 6.38. The minimum absolute atomic E-state index is 0.0146. The molecule has 19 rings (SSSR count). The molecule has 388 valence electrons. The number of aromatic nitrogens is 4. The minimum Gasteiger partial charge on any atom is -0.275 e. The highest BCUT2D eigenvalue weighted by molar-refractivity contribution is 7.26. The Morgan fingerprint density at radius 2 is 0.798 bits per heavy atom. The van der Waals surface area contributed by atoms with E-state index in [9.17, 15) is 9.59 Å². The molecule has 6 nitrogen and oxygen atoms in total. The third-order valence-corrected chi connectivity index (χ3v) is 20.2. The predicted molar refractivity (Wildman–Crippen MR) is 354 cm³/mol. The molecule has 0 aliphatic rings. The molecule has 0 unspecified atom stereocenters. The quantitative estimate of drug-likeness (QED) is 0.161. The van der Waals surface area contributed by atoms with Crippen LogP contribution in [0.2, 0.25) is 0 Å². The second-order valence-electron chi connectivity index (χ2n) is 22.3. The van der Waals surface area contributed by atoms with E-state index in [1.54, 1.807) is 4.40 Å². The number of pyridine rings is 2. The first-order valence-corrected chi connectivity index (χ1v) is 29.8. The van der Waals surface area contributed by atoms with Gasteiger partial charge in [-0.3, -0.25) is 18.4 Å². The molecule has 7 heterocycles. The molecule has 0 atom stereocenters. The molecule has 0 bridgehead atoms. The molecule has 7 aromatic heterocycles. The number of nitrogens with zero attached hydrogens (tertiary/aromatic N) is 4. The molecule has 0 fully saturated rings. The van der Waals surface area contributed by atoms with Gasteiger partial charge in [0.15, 0.2) is 5.65 Å². The average molecular weight is 1110 g/mol. The molecule has 0 amide bonds. The lowest BCUT2D eigenvalue weighted by atomic mass is 9.93. The van der Waals surface area contributed by atoms with Crippen molar-refractivity contribution >= 4 is 150 Å². The van der Waals surface area contributed by atoms with E-state index in [1.807, 2.05) is 69.5 Å². The summed E-state index contributed by atoms with van der Waals surface area (Å²) in [6, 6.07) is 85.8. The molecule has 12 aromatic carbocycles. The molecular weight excluding hydrogens is 1060 g/mol. The summed E-state index contributed by atoms with van der Waals surface area (Å²) < 4.78 is 8.67. The Balaban J connectivity index is 0.841. The summed E-state index contributed by atoms with van der Waals surface area (Å²) in [4.78, 5) is 40.4. The van der Waals surface area contributed by atoms with E-state index in [4.69, 9.17) is 9.97 Å². The maximum Gasteiger partial charge on any atom is 0.264 e. The van der Waals surface area contributed by atoms with Crippen LogP contribution in [0.15, 0.2) is 252 Å². The standard InChI is InChI=1S/C76H40N4O2S2/c81-75-55-22-6-4-18-50(55)60-38-48(39-61-58-33-45(29-31-66(58)79(75)70(60)61)49-24-13-25-54-52-20-8-10-26-67(52)83-72(49)54)57-34-46(36-62-53-21-9-11-27-68(53)84-73(57)62)44-28-30-64-65(40-44)77-69-63-37-47(43-17-12-16-42(32-43)41-14-2-1-3-15-41)35-59-51-19-5-7-23-56(51)76(82)80(71(59)63)74(69)78-64/h1-40H. The number of rotatable bonds is 5. The fourth-order valence-corrected chi connectivity index (χ4v) is 16.4. The molecule has 0 spiro atoms. The van der Waals surface area contributed by atoms with Gasteiger partial charge in [-0.1, -0.05) is 152 Å². The number of fused-ring (bicyclic) bond motifs is 17. The number of benzene rings is 12. The van der Waals surface area contributed by atoms with Gasteiger partial charge in [-0.05, 0) is 152 Å². The molecule has 19 aromatic rings. The van der Waals surface area contributed by atoms with E-state index in [0.717, 1.165) is 110 Å². The minimum atomic E-state index is -0.108. The average Bonchev–Trinajstić information content (AvgIpc) is 1.95. The van der Waals surface area contributed by atoms with E-state index < -0.39 is 0 Å². The number of hydrogen-bond acceptors (Lipinski definition) is 6. The van der Waals surface area contributed by atoms with Crippen molar-refractivity contribution in [2.45, 2.75) is 0 Å². The normalized spacial score (nSPS) is 12.4. The monoisotopic (exact) mass is 1100 g/mol. The molecule has 8 heteroatoms. The van der Waals surface area contributed by atoms with Gasteiger partial charge in [-0.25, -0.2) is 9.97 Å². The summed E-state index contributed by atoms with van der Waals surface area (Å²) in [5.41, 5.74) is 16.1. The van der Waals surface area contributed by atoms with Crippen molar-refractivity contribution in [2.24, 2.45) is 0 Å². The van der Waals surface area contributed by atoms with Crippen LogP contribution in [-0.2, 0) is 0 Å². The lowest BCUT2D eigenvalue weighted by Gasteiger charge is -2.12. The Morgan fingerprint density at radius 1 is 0.286 bits per heavy atom. The summed E-state index contributed by atoms with van der Waals surface area (Å²) in [5.74, 6) is 0. The van der Waals surface area contributed by atoms with Crippen LogP contribution < -0.4 is 11.1 Å². The van der Waals surface area contributed by atoms with E-state index in [-0.39, 0.29) is 11.1 Å². The molecule has 0 N–H and O–H groups in total. The van der Waals surface area contributed by atoms with Crippen LogP contribution >= 0.6 is 22.7 Å². The van der Waals surface area contributed by atoms with Gasteiger partial charge in [0.1, 0.15) is 5.52 Å². The molecule has 0 saturated heterocycles. The molecule has 0 radical (unpaired) electrons. The molecule has 0 aliphatic heterocycles. The SMILES string of the molecule is O=c1c2ccccc2c2cc(-c3cc(-c4ccc5nc6c(nc5c4)c4cc(-c5cccc(-c7ccccc7)c5)cc5c7ccccc7c(=O)n6c54)cc4c3sc3ccccc34)cc3c4cc(-c5cccc6c5sc5ccccc56)ccc4n1c23. The van der Waals surface area contributed by atoms with Crippen molar-refractivity contribution in [1.82, 2.24) is 18.8 Å². The van der Waals surface area contributed by atoms with Crippen molar-refractivity contribution in [1.29, 1.82) is 0 Å². The van der Waals surface area contributed by atoms with Crippen LogP contribution in [0.5, 0.6) is 0 Å². The van der Waals surface area contributed by atoms with Gasteiger partial charge in [0, 0.05) is 83.6 Å². The summed E-state index contributed by atoms with van der Waals surface area (Å²) in [7, 11) is 0. The lowest BCUT2D eigenvalue weighted by Crippen LogP contribution is -2.13. The highest BCUT2D eigenvalue weighted by Crippen LogP contribution is 2.48. The molecular formula is C76H40N4O2S2. The van der Waals surface area contributed by atoms with Crippen molar-refractivity contribution in [3.63, 3.8) is 0 Å². The number of thiophene rings is 2. The topological polar surface area (TPSA) is 68.7 Å². The van der Waals surface area contributed by atoms with Crippen LogP contribution in [0.4, 0.5) is 0 Å². The van der Waals surface area contributed by atoms with Gasteiger partial charge in [0.05, 0.1) is 27.6 Å². The second kappa shape index (κ2) is 17.0. The first-order chi connectivity index (χ1) is 41.5. The fourth-order valence-electron chi connectivity index (χ4n) is 13.9. The van der Waals surface area contributed by atoms with Gasteiger partial charge in [-0.2, -0.15) is 0 Å². The van der Waals surface area contributed by atoms with E-state index in [1.165, 1.54) is 45.9 Å². The van der Waals surface area contributed by atoms with Crippen LogP contribution in [0, 0.1) is 0 Å². The Morgan fingerprint density at radius 3 is 1.55 bits per heavy atom. The highest BCUT2D eigenvalue weighted by atomic mass is 32.1. The van der Waals surface area contributed by atoms with E-state index in [2.05, 4.69) is 200 Å². The zero-order chi connectivity index (χ0) is 55.1. The van der Waals surface area contributed by atoms with Crippen molar-refractivity contribution in [3.05, 3.63) is 263 Å². The fraction of sp³-hybridized carbons (Fsp3) is 0. The maximum atomic E-state index is 14.8. The van der Waals surface area contributed by atoms with Crippen LogP contribution in [0.25, 0.3) is 183 Å². The number of hydrogen-bond donors (Lipinski definition) is 0. The molecule has 0 aliphatic carbocycles. The molecule has 84 heavy (non-hydrogen) atoms. The van der Waals surface area contributed by atoms with E-state index in [0.29, 0.717) is 27.5 Å². The van der Waals surface area contributed by atoms with Crippen LogP contribution in [-0.4, -0.2) is 18.8 Å². The summed E-state index contributed by atoms with van der Waals surface area (Å²) in [6.07, 6.45) is 0. The van der Waals surface area contributed by atoms with Crippen molar-refractivity contribution in [3.8, 4) is 55.6 Å². The smallest absolute Gasteiger partial charge is 0.264 e. The Bertz CT molecular complexity index is 6230. The van der Waals surface area contributed by atoms with Crippen LogP contribution in [0.3, 0.4) is 0 Å². The Labute approximate surface area is 484 Å². The predicted octanol–water partition coefficient (Wildman–Crippen LogP) is 19.7. The highest BCUT2D eigenvalue weighted by Gasteiger charge is 2.25. The van der Waals surface area contributed by atoms with Crippen molar-refractivity contribution in [2.75, 3.05) is 0 Å². The maximum absolute atomic E-state index is 14.8. The summed E-state index contributed by atoms with van der Waals surface area (Å²) in [5, 5.41) is 13.0. The summed E-state index contributed by atoms with van der Waals surface area (Å²) in [6.45, 7) is 0. The van der Waals surface area contributed by atoms with Gasteiger partial charge < -0.3 is 0 Å². The first kappa shape index (κ1) is 46.0. The Hall–Kier alpha value is -10.6. The van der Waals surface area contributed by atoms with Gasteiger partial charge in [0.25, 0.3) is 11.1 Å². The molecule has 0 saturated carbocycles. The third-order valence-electron chi connectivity index (χ3n) is 17.7. The second-order valence-corrected chi connectivity index (χ2v) is 24.4. The largest absolute Gasteiger partial charge is 0.275 e. The van der Waals surface area contributed by atoms with Gasteiger partial charge in [0.2, 0.25) is 0 Å². The van der Waals surface area contributed by atoms with E-state index >= 15 is 0 Å². The zero-order valence-corrected chi connectivity index (χ0v) is 46.1. The Kier molecular flexibility index (Phi) is 9.30. The zero-order valence-electron chi connectivity index (χ0n) is 44.5. The summed E-state index contributed by atoms with van der Waals surface area (Å²) >= 11 is 3.65. The lowest BCUT2D eigenvalue weighted by molar-refractivity contribution is 1.16. The van der Waals surface area contributed by atoms with Crippen LogP contribution in [0.1, 0.15) is 0 Å².